The van der Waals surface area contributed by atoms with Gasteiger partial charge in [0.05, 0.1) is 11.8 Å². The minimum atomic E-state index is -0.321. The fraction of sp³-hybridized carbons (Fsp3) is 0. The van der Waals surface area contributed by atoms with Gasteiger partial charge in [0.25, 0.3) is 0 Å². The second-order valence-electron chi connectivity index (χ2n) is 2.73. The summed E-state index contributed by atoms with van der Waals surface area (Å²) in [6, 6.07) is 5.76. The average molecular weight is 191 g/mol. The van der Waals surface area contributed by atoms with E-state index in [4.69, 9.17) is 0 Å². The Balaban J connectivity index is 2.49. The van der Waals surface area contributed by atoms with Crippen LogP contribution in [0.15, 0.2) is 35.0 Å². The van der Waals surface area contributed by atoms with Gasteiger partial charge in [0.2, 0.25) is 5.76 Å². The molecule has 0 unspecified atom stereocenters. The van der Waals surface area contributed by atoms with Gasteiger partial charge in [0.1, 0.15) is 5.82 Å². The number of nitrogens with zero attached hydrogens (tertiary/aromatic N) is 1. The quantitative estimate of drug-likeness (QED) is 0.684. The van der Waals surface area contributed by atoms with E-state index < -0.39 is 0 Å². The Morgan fingerprint density at radius 3 is 2.64 bits per heavy atom. The molecule has 0 N–H and O–H groups in total. The number of carbonyl (C=O) groups is 1. The predicted molar refractivity (Wildman–Crippen MR) is 47.3 cm³/mol. The first-order chi connectivity index (χ1) is 6.81. The van der Waals surface area contributed by atoms with Gasteiger partial charge in [0.15, 0.2) is 6.29 Å². The lowest BCUT2D eigenvalue weighted by atomic mass is 10.1. The fourth-order valence-electron chi connectivity index (χ4n) is 1.18. The lowest BCUT2D eigenvalue weighted by Crippen LogP contribution is -1.81. The van der Waals surface area contributed by atoms with Gasteiger partial charge in [-0.25, -0.2) is 4.39 Å². The largest absolute Gasteiger partial charge is 0.353 e. The molecule has 1 aromatic carbocycles. The van der Waals surface area contributed by atoms with Crippen molar-refractivity contribution < 1.29 is 13.7 Å². The average Bonchev–Trinajstić information content (AvgIpc) is 2.67. The summed E-state index contributed by atoms with van der Waals surface area (Å²) in [5.41, 5.74) is 1.27. The first-order valence-corrected chi connectivity index (χ1v) is 3.97. The van der Waals surface area contributed by atoms with Gasteiger partial charge in [-0.05, 0) is 17.7 Å². The van der Waals surface area contributed by atoms with Crippen molar-refractivity contribution in [1.29, 1.82) is 0 Å². The molecule has 14 heavy (non-hydrogen) atoms. The fourth-order valence-corrected chi connectivity index (χ4v) is 1.18. The van der Waals surface area contributed by atoms with Crippen LogP contribution in [0.3, 0.4) is 0 Å². The summed E-state index contributed by atoms with van der Waals surface area (Å²) in [5, 5.41) is 3.49. The van der Waals surface area contributed by atoms with Crippen molar-refractivity contribution in [3.05, 3.63) is 42.0 Å². The van der Waals surface area contributed by atoms with Gasteiger partial charge in [-0.3, -0.25) is 4.79 Å². The Morgan fingerprint density at radius 1 is 1.29 bits per heavy atom. The number of hydrogen-bond acceptors (Lipinski definition) is 3. The molecule has 0 saturated carbocycles. The summed E-state index contributed by atoms with van der Waals surface area (Å²) in [6.07, 6.45) is 2.00. The molecule has 0 fully saturated rings. The zero-order valence-electron chi connectivity index (χ0n) is 7.11. The zero-order chi connectivity index (χ0) is 9.97. The molecule has 1 heterocycles. The highest BCUT2D eigenvalue weighted by atomic mass is 19.1. The molecule has 0 amide bonds. The lowest BCUT2D eigenvalue weighted by Gasteiger charge is -1.95. The molecule has 2 rings (SSSR count). The molecule has 0 atom stereocenters. The Kier molecular flexibility index (Phi) is 2.10. The number of benzene rings is 1. The number of hydrogen-bond donors (Lipinski definition) is 0. The number of aromatic nitrogens is 1. The van der Waals surface area contributed by atoms with E-state index in [-0.39, 0.29) is 11.6 Å². The molecular weight excluding hydrogens is 185 g/mol. The Labute approximate surface area is 79.1 Å². The van der Waals surface area contributed by atoms with Crippen LogP contribution in [0.25, 0.3) is 11.1 Å². The molecule has 3 nitrogen and oxygen atoms in total. The third-order valence-corrected chi connectivity index (χ3v) is 1.86. The standard InChI is InChI=1S/C10H6FNO2/c11-8-3-1-7(2-4-8)9-5-12-14-10(9)6-13/h1-6H. The minimum Gasteiger partial charge on any atom is -0.353 e. The van der Waals surface area contributed by atoms with Gasteiger partial charge in [-0.15, -0.1) is 0 Å². The molecule has 2 aromatic rings. The number of rotatable bonds is 2. The molecule has 0 aliphatic carbocycles. The molecule has 1 aromatic heterocycles. The normalized spacial score (nSPS) is 10.1. The van der Waals surface area contributed by atoms with Gasteiger partial charge in [-0.1, -0.05) is 17.3 Å². The van der Waals surface area contributed by atoms with Crippen LogP contribution in [0.2, 0.25) is 0 Å². The van der Waals surface area contributed by atoms with Crippen molar-refractivity contribution in [1.82, 2.24) is 5.16 Å². The first-order valence-electron chi connectivity index (χ1n) is 3.97. The van der Waals surface area contributed by atoms with Crippen molar-refractivity contribution in [3.8, 4) is 11.1 Å². The summed E-state index contributed by atoms with van der Waals surface area (Å²) in [5.74, 6) is -0.172. The SMILES string of the molecule is O=Cc1oncc1-c1ccc(F)cc1. The van der Waals surface area contributed by atoms with E-state index in [1.807, 2.05) is 0 Å². The molecule has 4 heteroatoms. The summed E-state index contributed by atoms with van der Waals surface area (Å²) >= 11 is 0. The van der Waals surface area contributed by atoms with Gasteiger partial charge in [0, 0.05) is 0 Å². The summed E-state index contributed by atoms with van der Waals surface area (Å²) < 4.78 is 17.3. The predicted octanol–water partition coefficient (Wildman–Crippen LogP) is 2.29. The molecule has 0 aliphatic heterocycles. The van der Waals surface area contributed by atoms with Crippen LogP contribution in [0, 0.1) is 5.82 Å². The van der Waals surface area contributed by atoms with E-state index >= 15 is 0 Å². The van der Waals surface area contributed by atoms with Crippen LogP contribution >= 0.6 is 0 Å². The number of aldehydes is 1. The van der Waals surface area contributed by atoms with Crippen LogP contribution in [0.1, 0.15) is 10.6 Å². The first kappa shape index (κ1) is 8.62. The summed E-state index contributed by atoms with van der Waals surface area (Å²) in [4.78, 5) is 10.5. The Hall–Kier alpha value is -1.97. The minimum absolute atomic E-state index is 0.150. The molecular formula is C10H6FNO2. The highest BCUT2D eigenvalue weighted by Crippen LogP contribution is 2.22. The van der Waals surface area contributed by atoms with Crippen molar-refractivity contribution >= 4 is 6.29 Å². The van der Waals surface area contributed by atoms with E-state index in [2.05, 4.69) is 9.68 Å². The maximum absolute atomic E-state index is 12.6. The molecule has 0 radical (unpaired) electrons. The van der Waals surface area contributed by atoms with Gasteiger partial charge in [-0.2, -0.15) is 0 Å². The molecule has 0 aliphatic rings. The van der Waals surface area contributed by atoms with Crippen LogP contribution in [0.4, 0.5) is 4.39 Å². The van der Waals surface area contributed by atoms with Crippen LogP contribution in [0.5, 0.6) is 0 Å². The van der Waals surface area contributed by atoms with Gasteiger partial charge >= 0.3 is 0 Å². The van der Waals surface area contributed by atoms with Crippen LogP contribution in [-0.4, -0.2) is 11.4 Å². The summed E-state index contributed by atoms with van der Waals surface area (Å²) in [6.45, 7) is 0. The highest BCUT2D eigenvalue weighted by Gasteiger charge is 2.08. The van der Waals surface area contributed by atoms with Crippen molar-refractivity contribution in [2.45, 2.75) is 0 Å². The number of halogens is 1. The van der Waals surface area contributed by atoms with E-state index in [9.17, 15) is 9.18 Å². The second-order valence-corrected chi connectivity index (χ2v) is 2.73. The smallest absolute Gasteiger partial charge is 0.207 e. The maximum Gasteiger partial charge on any atom is 0.207 e. The van der Waals surface area contributed by atoms with Crippen molar-refractivity contribution in [2.75, 3.05) is 0 Å². The van der Waals surface area contributed by atoms with Crippen LogP contribution in [-0.2, 0) is 0 Å². The Morgan fingerprint density at radius 2 is 2.00 bits per heavy atom. The zero-order valence-corrected chi connectivity index (χ0v) is 7.11. The van der Waals surface area contributed by atoms with E-state index in [1.165, 1.54) is 18.3 Å². The molecule has 70 valence electrons. The summed E-state index contributed by atoms with van der Waals surface area (Å²) in [7, 11) is 0. The molecule has 0 spiro atoms. The Bertz CT molecular complexity index is 447. The van der Waals surface area contributed by atoms with E-state index in [1.54, 1.807) is 12.1 Å². The van der Waals surface area contributed by atoms with E-state index in [0.717, 1.165) is 0 Å². The van der Waals surface area contributed by atoms with Gasteiger partial charge < -0.3 is 4.52 Å². The molecule has 0 bridgehead atoms. The van der Waals surface area contributed by atoms with Crippen molar-refractivity contribution in [3.63, 3.8) is 0 Å². The highest BCUT2D eigenvalue weighted by molar-refractivity contribution is 5.83. The maximum atomic E-state index is 12.6. The third kappa shape index (κ3) is 1.42. The third-order valence-electron chi connectivity index (χ3n) is 1.86. The topological polar surface area (TPSA) is 43.1 Å². The lowest BCUT2D eigenvalue weighted by molar-refractivity contribution is 0.109. The second kappa shape index (κ2) is 3.41. The number of carbonyl (C=O) groups excluding carboxylic acids is 1. The van der Waals surface area contributed by atoms with Crippen molar-refractivity contribution in [2.24, 2.45) is 0 Å². The molecule has 0 saturated heterocycles. The monoisotopic (exact) mass is 191 g/mol. The van der Waals surface area contributed by atoms with Crippen LogP contribution < -0.4 is 0 Å². The van der Waals surface area contributed by atoms with E-state index in [0.29, 0.717) is 17.4 Å².